The number of amides is 1. The Balaban J connectivity index is 2.16. The second kappa shape index (κ2) is 5.87. The van der Waals surface area contributed by atoms with Crippen LogP contribution in [0.2, 0.25) is 0 Å². The van der Waals surface area contributed by atoms with Gasteiger partial charge >= 0.3 is 0 Å². The van der Waals surface area contributed by atoms with Crippen LogP contribution < -0.4 is 5.32 Å². The van der Waals surface area contributed by atoms with Crippen molar-refractivity contribution in [3.63, 3.8) is 0 Å². The largest absolute Gasteiger partial charge is 0.352 e. The fourth-order valence-corrected chi connectivity index (χ4v) is 2.94. The lowest BCUT2D eigenvalue weighted by molar-refractivity contribution is 0.0950. The first-order valence-electron chi connectivity index (χ1n) is 8.87. The highest BCUT2D eigenvalue weighted by Crippen LogP contribution is 2.40. The van der Waals surface area contributed by atoms with Gasteiger partial charge in [-0.2, -0.15) is 5.10 Å². The van der Waals surface area contributed by atoms with Crippen molar-refractivity contribution in [1.82, 2.24) is 20.1 Å². The molecule has 5 heteroatoms. The molecule has 1 amide bonds. The molecule has 0 aromatic carbocycles. The zero-order valence-electron chi connectivity index (χ0n) is 15.6. The number of carbonyl (C=O) groups excluding carboxylic acids is 1. The van der Waals surface area contributed by atoms with Crippen LogP contribution in [0.15, 0.2) is 6.07 Å². The van der Waals surface area contributed by atoms with Crippen LogP contribution >= 0.6 is 0 Å². The third-order valence-electron chi connectivity index (χ3n) is 4.38. The van der Waals surface area contributed by atoms with Crippen LogP contribution in [0.5, 0.6) is 0 Å². The van der Waals surface area contributed by atoms with E-state index >= 15 is 0 Å². The van der Waals surface area contributed by atoms with Crippen molar-refractivity contribution >= 4 is 16.9 Å². The van der Waals surface area contributed by atoms with E-state index in [-0.39, 0.29) is 11.4 Å². The van der Waals surface area contributed by atoms with Gasteiger partial charge in [-0.15, -0.1) is 0 Å². The highest BCUT2D eigenvalue weighted by molar-refractivity contribution is 6.06. The number of carbonyl (C=O) groups is 1. The molecule has 24 heavy (non-hydrogen) atoms. The molecule has 1 saturated carbocycles. The van der Waals surface area contributed by atoms with E-state index in [1.54, 1.807) is 0 Å². The minimum absolute atomic E-state index is 0.0189. The molecule has 5 nitrogen and oxygen atoms in total. The van der Waals surface area contributed by atoms with Gasteiger partial charge in [-0.05, 0) is 52.5 Å². The molecule has 3 rings (SSSR count). The summed E-state index contributed by atoms with van der Waals surface area (Å²) in [5.74, 6) is 0.900. The van der Waals surface area contributed by atoms with Gasteiger partial charge in [-0.3, -0.25) is 4.79 Å². The van der Waals surface area contributed by atoms with Crippen LogP contribution in [0.1, 0.15) is 75.1 Å². The summed E-state index contributed by atoms with van der Waals surface area (Å²) in [6.07, 6.45) is 2.32. The monoisotopic (exact) mass is 328 g/mol. The molecule has 2 aromatic heterocycles. The summed E-state index contributed by atoms with van der Waals surface area (Å²) in [6.45, 7) is 13.2. The van der Waals surface area contributed by atoms with E-state index in [0.29, 0.717) is 18.4 Å². The normalized spacial score (nSPS) is 15.3. The lowest BCUT2D eigenvalue weighted by atomic mass is 10.1. The highest BCUT2D eigenvalue weighted by atomic mass is 16.1. The van der Waals surface area contributed by atoms with Crippen LogP contribution in [0.4, 0.5) is 0 Å². The Morgan fingerprint density at radius 2 is 2.04 bits per heavy atom. The first kappa shape index (κ1) is 16.9. The molecule has 0 aliphatic heterocycles. The van der Waals surface area contributed by atoms with E-state index < -0.39 is 0 Å². The molecule has 2 heterocycles. The number of hydrogen-bond acceptors (Lipinski definition) is 3. The van der Waals surface area contributed by atoms with Gasteiger partial charge in [0.2, 0.25) is 0 Å². The first-order valence-corrected chi connectivity index (χ1v) is 8.87. The Bertz CT molecular complexity index is 779. The summed E-state index contributed by atoms with van der Waals surface area (Å²) >= 11 is 0. The first-order chi connectivity index (χ1) is 11.2. The van der Waals surface area contributed by atoms with Crippen molar-refractivity contribution < 1.29 is 4.79 Å². The molecule has 2 aromatic rings. The van der Waals surface area contributed by atoms with Crippen LogP contribution in [-0.4, -0.2) is 27.2 Å². The molecule has 0 spiro atoms. The average Bonchev–Trinajstić information content (AvgIpc) is 3.27. The maximum absolute atomic E-state index is 12.8. The van der Waals surface area contributed by atoms with Crippen molar-refractivity contribution in [3.8, 4) is 0 Å². The summed E-state index contributed by atoms with van der Waals surface area (Å²) < 4.78 is 1.96. The van der Waals surface area contributed by atoms with Gasteiger partial charge in [0.05, 0.1) is 22.2 Å². The van der Waals surface area contributed by atoms with Crippen molar-refractivity contribution in [1.29, 1.82) is 0 Å². The number of rotatable bonds is 4. The third kappa shape index (κ3) is 3.17. The molecule has 0 bridgehead atoms. The number of nitrogens with zero attached hydrogens (tertiary/aromatic N) is 3. The van der Waals surface area contributed by atoms with Crippen molar-refractivity contribution in [2.24, 2.45) is 5.92 Å². The fraction of sp³-hybridized carbons (Fsp3) is 0.632. The summed E-state index contributed by atoms with van der Waals surface area (Å²) in [5.41, 5.74) is 3.27. The van der Waals surface area contributed by atoms with E-state index in [4.69, 9.17) is 10.1 Å². The van der Waals surface area contributed by atoms with Gasteiger partial charge in [0.15, 0.2) is 5.65 Å². The van der Waals surface area contributed by atoms with E-state index in [9.17, 15) is 4.79 Å². The van der Waals surface area contributed by atoms with Crippen molar-refractivity contribution in [3.05, 3.63) is 23.0 Å². The molecule has 1 fully saturated rings. The maximum Gasteiger partial charge on any atom is 0.252 e. The van der Waals surface area contributed by atoms with Crippen LogP contribution in [0.25, 0.3) is 11.0 Å². The van der Waals surface area contributed by atoms with Gasteiger partial charge in [0.25, 0.3) is 5.91 Å². The van der Waals surface area contributed by atoms with Gasteiger partial charge < -0.3 is 5.32 Å². The molecular weight excluding hydrogens is 300 g/mol. The molecule has 130 valence electrons. The smallest absolute Gasteiger partial charge is 0.252 e. The number of pyridine rings is 1. The summed E-state index contributed by atoms with van der Waals surface area (Å²) in [6, 6.07) is 1.98. The summed E-state index contributed by atoms with van der Waals surface area (Å²) in [4.78, 5) is 17.7. The molecule has 0 radical (unpaired) electrons. The molecule has 0 unspecified atom stereocenters. The third-order valence-corrected chi connectivity index (χ3v) is 4.38. The lowest BCUT2D eigenvalue weighted by Crippen LogP contribution is -2.28. The summed E-state index contributed by atoms with van der Waals surface area (Å²) in [5, 5.41) is 8.63. The van der Waals surface area contributed by atoms with Crippen molar-refractivity contribution in [2.75, 3.05) is 6.54 Å². The molecule has 1 N–H and O–H groups in total. The summed E-state index contributed by atoms with van der Waals surface area (Å²) in [7, 11) is 0. The Morgan fingerprint density at radius 1 is 1.38 bits per heavy atom. The average molecular weight is 328 g/mol. The van der Waals surface area contributed by atoms with Gasteiger partial charge in [-0.25, -0.2) is 9.67 Å². The van der Waals surface area contributed by atoms with Crippen LogP contribution in [0, 0.1) is 12.8 Å². The molecule has 1 aliphatic rings. The predicted octanol–water partition coefficient (Wildman–Crippen LogP) is 3.76. The standard InChI is InChI=1S/C19H28N4O/c1-11(2)10-20-18(24)14-9-15(13-7-8-13)21-17-16(14)12(3)22-23(17)19(4,5)6/h9,11,13H,7-8,10H2,1-6H3,(H,20,24). The molecule has 0 atom stereocenters. The van der Waals surface area contributed by atoms with E-state index in [2.05, 4.69) is 39.9 Å². The fourth-order valence-electron chi connectivity index (χ4n) is 2.94. The number of aromatic nitrogens is 3. The molecule has 1 aliphatic carbocycles. The van der Waals surface area contributed by atoms with E-state index in [1.807, 2.05) is 17.7 Å². The highest BCUT2D eigenvalue weighted by Gasteiger charge is 2.30. The van der Waals surface area contributed by atoms with Crippen molar-refractivity contribution in [2.45, 2.75) is 65.8 Å². The van der Waals surface area contributed by atoms with E-state index in [1.165, 1.54) is 0 Å². The minimum Gasteiger partial charge on any atom is -0.352 e. The van der Waals surface area contributed by atoms with Crippen LogP contribution in [-0.2, 0) is 5.54 Å². The predicted molar refractivity (Wildman–Crippen MR) is 96.4 cm³/mol. The minimum atomic E-state index is -0.173. The number of aryl methyl sites for hydroxylation is 1. The lowest BCUT2D eigenvalue weighted by Gasteiger charge is -2.20. The quantitative estimate of drug-likeness (QED) is 0.929. The van der Waals surface area contributed by atoms with E-state index in [0.717, 1.165) is 40.8 Å². The number of nitrogens with one attached hydrogen (secondary N) is 1. The van der Waals surface area contributed by atoms with Gasteiger partial charge in [0.1, 0.15) is 0 Å². The molecular formula is C19H28N4O. The number of hydrogen-bond donors (Lipinski definition) is 1. The topological polar surface area (TPSA) is 59.8 Å². The Morgan fingerprint density at radius 3 is 2.58 bits per heavy atom. The Kier molecular flexibility index (Phi) is 4.14. The van der Waals surface area contributed by atoms with Crippen LogP contribution in [0.3, 0.4) is 0 Å². The second-order valence-corrected chi connectivity index (χ2v) is 8.34. The Hall–Kier alpha value is -1.91. The maximum atomic E-state index is 12.8. The number of fused-ring (bicyclic) bond motifs is 1. The Labute approximate surface area is 143 Å². The second-order valence-electron chi connectivity index (χ2n) is 8.34. The van der Waals surface area contributed by atoms with Gasteiger partial charge in [-0.1, -0.05) is 13.8 Å². The van der Waals surface area contributed by atoms with Gasteiger partial charge in [0, 0.05) is 18.2 Å². The SMILES string of the molecule is Cc1nn(C(C)(C)C)c2nc(C3CC3)cc(C(=O)NCC(C)C)c12. The molecule has 0 saturated heterocycles. The zero-order chi connectivity index (χ0) is 17.6. The zero-order valence-corrected chi connectivity index (χ0v) is 15.6.